The molecule has 37 heavy (non-hydrogen) atoms. The first kappa shape index (κ1) is 25.9. The van der Waals surface area contributed by atoms with Crippen molar-refractivity contribution in [2.24, 2.45) is 9.48 Å². The highest BCUT2D eigenvalue weighted by Gasteiger charge is 2.23. The van der Waals surface area contributed by atoms with Crippen molar-refractivity contribution in [3.05, 3.63) is 96.2 Å². The fourth-order valence-corrected chi connectivity index (χ4v) is 6.13. The molecule has 0 aliphatic heterocycles. The van der Waals surface area contributed by atoms with Crippen LogP contribution >= 0.6 is 0 Å². The number of pyridine rings is 1. The van der Waals surface area contributed by atoms with Crippen molar-refractivity contribution >= 4 is 27.2 Å². The Bertz CT molecular complexity index is 1500. The van der Waals surface area contributed by atoms with E-state index in [2.05, 4.69) is 19.8 Å². The highest BCUT2D eigenvalue weighted by Crippen LogP contribution is 2.25. The average molecular weight is 518 g/mol. The van der Waals surface area contributed by atoms with Crippen LogP contribution in [0, 0.1) is 12.5 Å². The second kappa shape index (κ2) is 11.7. The van der Waals surface area contributed by atoms with E-state index in [9.17, 15) is 13.8 Å². The summed E-state index contributed by atoms with van der Waals surface area (Å²) in [6, 6.07) is 10.5. The molecule has 0 spiro atoms. The van der Waals surface area contributed by atoms with Crippen molar-refractivity contribution in [2.45, 2.75) is 25.0 Å². The fourth-order valence-electron chi connectivity index (χ4n) is 3.92. The van der Waals surface area contributed by atoms with E-state index in [4.69, 9.17) is 9.95 Å². The van der Waals surface area contributed by atoms with Crippen molar-refractivity contribution in [2.75, 3.05) is 17.6 Å². The minimum atomic E-state index is -2.92. The lowest BCUT2D eigenvalue weighted by atomic mass is 10.1. The zero-order valence-electron chi connectivity index (χ0n) is 20.3. The Morgan fingerprint density at radius 1 is 1.19 bits per heavy atom. The summed E-state index contributed by atoms with van der Waals surface area (Å²) in [5.41, 5.74) is 9.89. The zero-order chi connectivity index (χ0) is 26.3. The van der Waals surface area contributed by atoms with Gasteiger partial charge >= 0.3 is 0 Å². The highest BCUT2D eigenvalue weighted by atomic mass is 32.2. The number of rotatable bonds is 9. The molecule has 2 aromatic heterocycles. The quantitative estimate of drug-likeness (QED) is 0.272. The fraction of sp³-hybridized carbons (Fsp3) is 0.222. The minimum absolute atomic E-state index is 0.175. The minimum Gasteiger partial charge on any atom is -0.459 e. The molecule has 0 saturated heterocycles. The maximum atomic E-state index is 13.8. The van der Waals surface area contributed by atoms with E-state index in [1.54, 1.807) is 43.5 Å². The predicted molar refractivity (Wildman–Crippen MR) is 142 cm³/mol. The number of furan rings is 1. The van der Waals surface area contributed by atoms with Crippen LogP contribution in [0.3, 0.4) is 0 Å². The number of allylic oxidation sites excluding steroid dienone is 3. The van der Waals surface area contributed by atoms with Crippen molar-refractivity contribution in [3.63, 3.8) is 0 Å². The van der Waals surface area contributed by atoms with E-state index >= 15 is 0 Å². The Morgan fingerprint density at radius 2 is 2.05 bits per heavy atom. The molecule has 10 heteroatoms. The molecule has 1 aliphatic rings. The van der Waals surface area contributed by atoms with E-state index in [0.29, 0.717) is 24.1 Å². The summed E-state index contributed by atoms with van der Waals surface area (Å²) in [5.74, 6) is -0.555. The van der Waals surface area contributed by atoms with Gasteiger partial charge in [-0.05, 0) is 49.6 Å². The molecular formula is C27H27N5O4S. The maximum Gasteiger partial charge on any atom is 0.291 e. The molecule has 0 radical (unpaired) electrons. The van der Waals surface area contributed by atoms with Gasteiger partial charge in [0, 0.05) is 35.0 Å². The first-order valence-electron chi connectivity index (χ1n) is 11.7. The molecule has 1 aromatic carbocycles. The number of hydrogen-bond donors (Lipinski definition) is 2. The van der Waals surface area contributed by atoms with Gasteiger partial charge in [-0.15, -0.1) is 0 Å². The molecule has 0 fully saturated rings. The van der Waals surface area contributed by atoms with Crippen LogP contribution in [0.4, 0.5) is 5.69 Å². The number of aromatic nitrogens is 1. The van der Waals surface area contributed by atoms with Crippen LogP contribution in [0.1, 0.15) is 39.3 Å². The number of amides is 2. The Hall–Kier alpha value is -4.18. The summed E-state index contributed by atoms with van der Waals surface area (Å²) in [4.78, 5) is 29.9. The van der Waals surface area contributed by atoms with Crippen LogP contribution in [0.5, 0.6) is 0 Å². The van der Waals surface area contributed by atoms with Gasteiger partial charge in [0.15, 0.2) is 5.76 Å². The summed E-state index contributed by atoms with van der Waals surface area (Å²) in [7, 11) is -2.92. The third-order valence-corrected chi connectivity index (χ3v) is 8.51. The van der Waals surface area contributed by atoms with Gasteiger partial charge < -0.3 is 9.73 Å². The Kier molecular flexibility index (Phi) is 8.19. The lowest BCUT2D eigenvalue weighted by Gasteiger charge is -2.18. The molecule has 2 heterocycles. The zero-order valence-corrected chi connectivity index (χ0v) is 21.1. The van der Waals surface area contributed by atoms with Crippen molar-refractivity contribution in [3.8, 4) is 11.1 Å². The summed E-state index contributed by atoms with van der Waals surface area (Å²) in [5, 5.41) is 5.76. The van der Waals surface area contributed by atoms with Crippen molar-refractivity contribution in [1.82, 2.24) is 4.98 Å². The van der Waals surface area contributed by atoms with E-state index < -0.39 is 15.6 Å². The number of anilines is 1. The Balaban J connectivity index is 1.59. The molecule has 9 nitrogen and oxygen atoms in total. The summed E-state index contributed by atoms with van der Waals surface area (Å²) in [6.07, 6.45) is 12.8. The topological polar surface area (TPSA) is 138 Å². The molecule has 0 bridgehead atoms. The summed E-state index contributed by atoms with van der Waals surface area (Å²) in [6.45, 7) is 2.02. The number of carbonyl (C=O) groups excluding carboxylic acids is 2. The summed E-state index contributed by atoms with van der Waals surface area (Å²) >= 11 is 0. The summed E-state index contributed by atoms with van der Waals surface area (Å²) < 4.78 is 23.2. The standard InChI is InChI=1S/C27H27N5O4S/c1-19-11-13-36-25(19)27(34)31-23-8-5-7-20(16-23)21-15-22(18-29-17-21)26(33)32-37(35,14-6-12-30-28)24-9-3-2-4-10-24/h2-5,7-9,11,13,15-18,24,28H,6,10,12,14H2,1H3,(H,31,34)/t24?,37-/m0/s1. The van der Waals surface area contributed by atoms with Crippen molar-refractivity contribution in [1.29, 1.82) is 5.53 Å². The van der Waals surface area contributed by atoms with Gasteiger partial charge in [-0.25, -0.2) is 9.74 Å². The molecule has 3 aromatic rings. The normalized spacial score (nSPS) is 16.1. The largest absolute Gasteiger partial charge is 0.459 e. The number of hydrogen-bond acceptors (Lipinski definition) is 7. The van der Waals surface area contributed by atoms with Crippen molar-refractivity contribution < 1.29 is 18.2 Å². The molecule has 1 unspecified atom stereocenters. The van der Waals surface area contributed by atoms with E-state index in [-0.39, 0.29) is 34.8 Å². The second-order valence-corrected chi connectivity index (χ2v) is 11.1. The Labute approximate surface area is 215 Å². The van der Waals surface area contributed by atoms with Gasteiger partial charge in [0.2, 0.25) is 0 Å². The first-order chi connectivity index (χ1) is 17.9. The number of benzene rings is 1. The van der Waals surface area contributed by atoms with Crippen LogP contribution < -0.4 is 5.32 Å². The third-order valence-electron chi connectivity index (χ3n) is 5.87. The van der Waals surface area contributed by atoms with E-state index in [1.165, 1.54) is 12.5 Å². The third kappa shape index (κ3) is 6.34. The first-order valence-corrected chi connectivity index (χ1v) is 13.5. The molecule has 1 aliphatic carbocycles. The lowest BCUT2D eigenvalue weighted by molar-refractivity contribution is 0.0991. The molecule has 190 valence electrons. The van der Waals surface area contributed by atoms with Gasteiger partial charge in [0.1, 0.15) is 0 Å². The van der Waals surface area contributed by atoms with Crippen LogP contribution in [0.15, 0.2) is 93.3 Å². The SMILES string of the molecule is Cc1ccoc1C(=O)Nc1cccc(-c2cncc(C(=O)N=[S@](=O)(CCCN=N)C3C=CC=CC3)c2)c1. The molecule has 0 saturated carbocycles. The van der Waals surface area contributed by atoms with Crippen LogP contribution in [-0.4, -0.2) is 38.6 Å². The van der Waals surface area contributed by atoms with Crippen LogP contribution in [0.25, 0.3) is 11.1 Å². The lowest BCUT2D eigenvalue weighted by Crippen LogP contribution is -2.24. The van der Waals surface area contributed by atoms with Crippen LogP contribution in [-0.2, 0) is 9.73 Å². The Morgan fingerprint density at radius 3 is 2.78 bits per heavy atom. The number of carbonyl (C=O) groups is 2. The molecular weight excluding hydrogens is 490 g/mol. The average Bonchev–Trinajstić information content (AvgIpc) is 3.35. The van der Waals surface area contributed by atoms with Gasteiger partial charge in [-0.3, -0.25) is 14.6 Å². The van der Waals surface area contributed by atoms with E-state index in [0.717, 1.165) is 11.1 Å². The highest BCUT2D eigenvalue weighted by molar-refractivity contribution is 7.94. The van der Waals surface area contributed by atoms with E-state index in [1.807, 2.05) is 30.4 Å². The van der Waals surface area contributed by atoms with Gasteiger partial charge in [-0.2, -0.15) is 9.48 Å². The number of nitrogens with zero attached hydrogens (tertiary/aromatic N) is 3. The number of aryl methyl sites for hydroxylation is 1. The number of nitrogens with one attached hydrogen (secondary N) is 2. The smallest absolute Gasteiger partial charge is 0.291 e. The molecule has 2 atom stereocenters. The predicted octanol–water partition coefficient (Wildman–Crippen LogP) is 5.82. The monoisotopic (exact) mass is 517 g/mol. The van der Waals surface area contributed by atoms with Gasteiger partial charge in [0.05, 0.1) is 33.4 Å². The molecule has 2 amide bonds. The second-order valence-electron chi connectivity index (χ2n) is 8.54. The maximum absolute atomic E-state index is 13.8. The van der Waals surface area contributed by atoms with Crippen LogP contribution in [0.2, 0.25) is 0 Å². The molecule has 2 N–H and O–H groups in total. The van der Waals surface area contributed by atoms with Gasteiger partial charge in [-0.1, -0.05) is 36.4 Å². The molecule has 4 rings (SSSR count). The van der Waals surface area contributed by atoms with Gasteiger partial charge in [0.25, 0.3) is 11.8 Å².